The predicted molar refractivity (Wildman–Crippen MR) is 275 cm³/mol. The van der Waals surface area contributed by atoms with Gasteiger partial charge in [-0.3, -0.25) is 0 Å². The van der Waals surface area contributed by atoms with E-state index in [0.29, 0.717) is 23.5 Å². The third-order valence-electron chi connectivity index (χ3n) is 16.7. The number of aliphatic hydroxyl groups excluding tert-OH is 1. The number of hydrogen-bond acceptors (Lipinski definition) is 3. The molecule has 0 amide bonds. The van der Waals surface area contributed by atoms with Crippen LogP contribution in [-0.2, 0) is 8.92 Å². The number of rotatable bonds is 29. The summed E-state index contributed by atoms with van der Waals surface area (Å²) in [5, 5.41) is 8.33. The molecule has 0 aromatic carbocycles. The normalized spacial score (nSPS) is 28.9. The van der Waals surface area contributed by atoms with Crippen molar-refractivity contribution in [2.75, 3.05) is 25.4 Å². The first kappa shape index (κ1) is 57.2. The van der Waals surface area contributed by atoms with Gasteiger partial charge in [-0.15, -0.1) is 10.3 Å². The Balaban J connectivity index is 0.00000115. The maximum absolute atomic E-state index is 8.33. The molecule has 0 aromatic rings. The molecule has 0 aliphatic heterocycles. The molecule has 0 spiro atoms. The number of fused-ring (bicyclic) bond motifs is 5. The molecular formula is C56H109BO3S. The molecule has 3 saturated carbocycles. The Hall–Kier alpha value is 0.0349. The Labute approximate surface area is 387 Å². The van der Waals surface area contributed by atoms with Crippen LogP contribution in [0.4, 0.5) is 0 Å². The second-order valence-corrected chi connectivity index (χ2v) is 25.8. The van der Waals surface area contributed by atoms with E-state index in [2.05, 4.69) is 73.3 Å². The summed E-state index contributed by atoms with van der Waals surface area (Å²) in [7, 11) is 4.18. The van der Waals surface area contributed by atoms with E-state index in [4.69, 9.17) is 21.9 Å². The summed E-state index contributed by atoms with van der Waals surface area (Å²) in [4.78, 5) is 0. The molecule has 3 fully saturated rings. The second-order valence-electron chi connectivity index (χ2n) is 22.2. The summed E-state index contributed by atoms with van der Waals surface area (Å²) in [5.74, 6) is 6.28. The summed E-state index contributed by atoms with van der Waals surface area (Å²) in [6.45, 7) is 22.0. The molecule has 4 aliphatic carbocycles. The fourth-order valence-corrected chi connectivity index (χ4v) is 13.8. The zero-order valence-corrected chi connectivity index (χ0v) is 44.3. The second kappa shape index (κ2) is 31.1. The van der Waals surface area contributed by atoms with Crippen LogP contribution >= 0.6 is 10.3 Å². The molecule has 1 N–H and O–H groups in total. The van der Waals surface area contributed by atoms with Gasteiger partial charge in [0.1, 0.15) is 0 Å². The minimum atomic E-state index is -1.07. The van der Waals surface area contributed by atoms with E-state index < -0.39 is 10.3 Å². The lowest BCUT2D eigenvalue weighted by Crippen LogP contribution is -2.51. The fraction of sp³-hybridized carbons (Fsp3) is 0.964. The Morgan fingerprint density at radius 3 is 1.87 bits per heavy atom. The number of hydrogen-bond donors (Lipinski definition) is 1. The van der Waals surface area contributed by atoms with E-state index in [1.165, 1.54) is 148 Å². The molecule has 3 nitrogen and oxygen atoms in total. The highest BCUT2D eigenvalue weighted by Gasteiger charge is 2.59. The van der Waals surface area contributed by atoms with Crippen molar-refractivity contribution in [3.63, 3.8) is 0 Å². The quantitative estimate of drug-likeness (QED) is 0.0352. The van der Waals surface area contributed by atoms with Gasteiger partial charge in [-0.2, -0.15) is 0 Å². The summed E-state index contributed by atoms with van der Waals surface area (Å²) in [5.41, 5.74) is 2.71. The highest BCUT2D eigenvalue weighted by molar-refractivity contribution is 8.28. The van der Waals surface area contributed by atoms with Crippen molar-refractivity contribution in [1.29, 1.82) is 0 Å². The van der Waals surface area contributed by atoms with Crippen LogP contribution in [-0.4, -0.2) is 50.7 Å². The van der Waals surface area contributed by atoms with Gasteiger partial charge in [0.25, 0.3) is 0 Å². The summed E-state index contributed by atoms with van der Waals surface area (Å²) in [6.07, 6.45) is 49.5. The van der Waals surface area contributed by atoms with Crippen LogP contribution in [0, 0.1) is 52.3 Å². The van der Waals surface area contributed by atoms with Crippen molar-refractivity contribution in [2.24, 2.45) is 52.3 Å². The van der Waals surface area contributed by atoms with Crippen molar-refractivity contribution < 1.29 is 14.0 Å². The SMILES string of the molecule is CC.CCCCCCCCCCCCCCCC(OC1CCC2(C)C(=CCC3C2CCC2(C)C(C(C)CCC(CC)C(C)C)CCC32)C1)OS(C)(C)C.[B]CCCCCCO. The van der Waals surface area contributed by atoms with Crippen molar-refractivity contribution >= 4 is 18.2 Å². The van der Waals surface area contributed by atoms with Crippen LogP contribution in [0.2, 0.25) is 6.32 Å². The maximum Gasteiger partial charge on any atom is 0.168 e. The topological polar surface area (TPSA) is 38.7 Å². The van der Waals surface area contributed by atoms with Gasteiger partial charge in [-0.25, -0.2) is 0 Å². The molecule has 0 aromatic heterocycles. The summed E-state index contributed by atoms with van der Waals surface area (Å²) < 4.78 is 13.6. The monoisotopic (exact) mass is 873 g/mol. The van der Waals surface area contributed by atoms with Crippen LogP contribution < -0.4 is 0 Å². The third kappa shape index (κ3) is 19.4. The Bertz CT molecular complexity index is 1110. The lowest BCUT2D eigenvalue weighted by Gasteiger charge is -2.58. The lowest BCUT2D eigenvalue weighted by atomic mass is 9.47. The molecule has 360 valence electrons. The first-order valence-electron chi connectivity index (χ1n) is 27.3. The van der Waals surface area contributed by atoms with Crippen LogP contribution in [0.15, 0.2) is 11.6 Å². The van der Waals surface area contributed by atoms with Gasteiger partial charge in [-0.1, -0.05) is 189 Å². The Morgan fingerprint density at radius 1 is 0.721 bits per heavy atom. The van der Waals surface area contributed by atoms with Crippen molar-refractivity contribution in [1.82, 2.24) is 0 Å². The van der Waals surface area contributed by atoms with E-state index in [9.17, 15) is 0 Å². The zero-order valence-electron chi connectivity index (χ0n) is 43.4. The van der Waals surface area contributed by atoms with Crippen LogP contribution in [0.25, 0.3) is 0 Å². The minimum Gasteiger partial charge on any atom is -0.396 e. The molecular weight excluding hydrogens is 763 g/mol. The molecule has 5 heteroatoms. The number of unbranched alkanes of at least 4 members (excludes halogenated alkanes) is 15. The van der Waals surface area contributed by atoms with Crippen molar-refractivity contribution in [2.45, 2.75) is 267 Å². The molecule has 10 atom stereocenters. The fourth-order valence-electron chi connectivity index (χ4n) is 13.0. The molecule has 61 heavy (non-hydrogen) atoms. The largest absolute Gasteiger partial charge is 0.396 e. The molecule has 4 rings (SSSR count). The smallest absolute Gasteiger partial charge is 0.168 e. The van der Waals surface area contributed by atoms with E-state index in [1.807, 2.05) is 13.8 Å². The van der Waals surface area contributed by atoms with Gasteiger partial charge in [0, 0.05) is 6.61 Å². The maximum atomic E-state index is 8.33. The first-order valence-corrected chi connectivity index (χ1v) is 30.0. The number of allylic oxidation sites excluding steroid dienone is 1. The summed E-state index contributed by atoms with van der Waals surface area (Å²) in [6, 6.07) is 0. The molecule has 0 heterocycles. The molecule has 0 saturated heterocycles. The zero-order chi connectivity index (χ0) is 45.3. The highest BCUT2D eigenvalue weighted by Crippen LogP contribution is 2.67. The number of ether oxygens (including phenoxy) is 1. The summed E-state index contributed by atoms with van der Waals surface area (Å²) >= 11 is 0. The van der Waals surface area contributed by atoms with Gasteiger partial charge < -0.3 is 14.0 Å². The van der Waals surface area contributed by atoms with Gasteiger partial charge >= 0.3 is 0 Å². The first-order chi connectivity index (χ1) is 29.2. The number of aliphatic hydroxyl groups is 1. The average molecular weight is 873 g/mol. The van der Waals surface area contributed by atoms with Crippen LogP contribution in [0.5, 0.6) is 0 Å². The average Bonchev–Trinajstić information content (AvgIpc) is 3.59. The van der Waals surface area contributed by atoms with Gasteiger partial charge in [0.05, 0.1) is 14.0 Å². The van der Waals surface area contributed by atoms with Crippen molar-refractivity contribution in [3.05, 3.63) is 11.6 Å². The highest BCUT2D eigenvalue weighted by atomic mass is 32.3. The standard InChI is InChI=1S/C48H90O2S.C6H13BO.C2H6/c1-11-13-14-15-16-17-18-19-20-21-22-23-24-25-46(50-51(8,9)10)49-41-32-34-47(6)40(36-41)28-29-42-44-31-30-43(48(44,7)35-33-45(42)47)38(5)26-27-39(12-2)37(3)4;7-5-3-1-2-4-6-8;1-2/h28,37-39,41-46H,11-27,29-36H2,1-10H3;8H,1-6H2;1-2H3. The minimum absolute atomic E-state index is 0.0278. The molecule has 4 aliphatic rings. The van der Waals surface area contributed by atoms with Gasteiger partial charge in [-0.05, 0) is 148 Å². The van der Waals surface area contributed by atoms with E-state index >= 15 is 0 Å². The van der Waals surface area contributed by atoms with Gasteiger partial charge in [0.2, 0.25) is 0 Å². The van der Waals surface area contributed by atoms with E-state index in [0.717, 1.165) is 86.3 Å². The van der Waals surface area contributed by atoms with E-state index in [-0.39, 0.29) is 6.29 Å². The lowest BCUT2D eigenvalue weighted by molar-refractivity contribution is -0.134. The Kier molecular flexibility index (Phi) is 29.1. The van der Waals surface area contributed by atoms with E-state index in [1.54, 1.807) is 5.57 Å². The predicted octanol–water partition coefficient (Wildman–Crippen LogP) is 17.6. The molecule has 0 bridgehead atoms. The van der Waals surface area contributed by atoms with Crippen LogP contribution in [0.1, 0.15) is 249 Å². The third-order valence-corrected chi connectivity index (χ3v) is 17.5. The Morgan fingerprint density at radius 2 is 1.31 bits per heavy atom. The molecule has 10 unspecified atom stereocenters. The van der Waals surface area contributed by atoms with Crippen LogP contribution in [0.3, 0.4) is 0 Å². The van der Waals surface area contributed by atoms with Crippen molar-refractivity contribution in [3.8, 4) is 0 Å². The van der Waals surface area contributed by atoms with Gasteiger partial charge in [0.15, 0.2) is 6.29 Å². The molecule has 2 radical (unpaired) electrons.